The van der Waals surface area contributed by atoms with Gasteiger partial charge in [-0.15, -0.1) is 0 Å². The number of esters is 1. The predicted molar refractivity (Wildman–Crippen MR) is 168 cm³/mol. The van der Waals surface area contributed by atoms with Gasteiger partial charge in [-0.1, -0.05) is 66.7 Å². The number of Topliss-reactive ketones (excluding diaryl/α,β-unsaturated/α-hetero) is 1. The van der Waals surface area contributed by atoms with Crippen LogP contribution in [0.2, 0.25) is 15.1 Å². The average Bonchev–Trinajstić information content (AvgIpc) is 3.20. The summed E-state index contributed by atoms with van der Waals surface area (Å²) >= 11 is 25.1. The molecular weight excluding hydrogens is 751 g/mol. The van der Waals surface area contributed by atoms with Gasteiger partial charge in [0.15, 0.2) is 5.78 Å². The average molecular weight is 772 g/mol. The maximum atomic E-state index is 13.7. The minimum Gasteiger partial charge on any atom is -0.423 e. The summed E-state index contributed by atoms with van der Waals surface area (Å²) in [5.41, 5.74) is 0.420. The van der Waals surface area contributed by atoms with Crippen LogP contribution in [0.25, 0.3) is 0 Å². The van der Waals surface area contributed by atoms with Crippen LogP contribution in [-0.2, 0) is 9.59 Å². The van der Waals surface area contributed by atoms with Crippen LogP contribution in [0, 0.1) is 11.8 Å². The van der Waals surface area contributed by atoms with Crippen LogP contribution in [0.4, 0.5) is 0 Å². The molecule has 1 saturated carbocycles. The Morgan fingerprint density at radius 3 is 1.88 bits per heavy atom. The first kappa shape index (κ1) is 31.7. The first-order valence-corrected chi connectivity index (χ1v) is 15.9. The monoisotopic (exact) mass is 768 g/mol. The third kappa shape index (κ3) is 6.68. The lowest BCUT2D eigenvalue weighted by Crippen LogP contribution is -2.52. The number of halogens is 5. The molecule has 0 unspecified atom stereocenters. The molecule has 1 saturated heterocycles. The van der Waals surface area contributed by atoms with Crippen LogP contribution in [0.1, 0.15) is 43.9 Å². The number of ether oxygens (including phenoxy) is 1. The normalized spacial score (nSPS) is 21.4. The number of hydrogen-bond donors (Lipinski definition) is 0. The van der Waals surface area contributed by atoms with Gasteiger partial charge in [0.1, 0.15) is 12.3 Å². The zero-order valence-corrected chi connectivity index (χ0v) is 27.5. The van der Waals surface area contributed by atoms with Crippen molar-refractivity contribution in [1.82, 2.24) is 10.0 Å². The van der Waals surface area contributed by atoms with Gasteiger partial charge < -0.3 is 4.74 Å². The number of ketones is 1. The number of carbonyl (C=O) groups is 5. The van der Waals surface area contributed by atoms with E-state index in [2.05, 4.69) is 31.9 Å². The molecule has 0 aromatic heterocycles. The summed E-state index contributed by atoms with van der Waals surface area (Å²) in [7, 11) is 0. The van der Waals surface area contributed by atoms with Crippen molar-refractivity contribution in [1.29, 1.82) is 0 Å². The molecule has 2 fully saturated rings. The molecule has 3 amide bonds. The number of carbonyl (C=O) groups excluding carboxylic acids is 5. The van der Waals surface area contributed by atoms with Crippen LogP contribution in [-0.4, -0.2) is 55.7 Å². The second-order valence-corrected chi connectivity index (χ2v) is 13.7. The van der Waals surface area contributed by atoms with Crippen molar-refractivity contribution < 1.29 is 28.7 Å². The van der Waals surface area contributed by atoms with E-state index in [-0.39, 0.29) is 37.1 Å². The van der Waals surface area contributed by atoms with Gasteiger partial charge >= 0.3 is 5.97 Å². The van der Waals surface area contributed by atoms with Gasteiger partial charge in [0.25, 0.3) is 17.7 Å². The van der Waals surface area contributed by atoms with E-state index in [9.17, 15) is 24.0 Å². The van der Waals surface area contributed by atoms with Crippen LogP contribution < -0.4 is 4.74 Å². The molecule has 1 aliphatic heterocycles. The molecule has 3 aromatic rings. The van der Waals surface area contributed by atoms with Crippen molar-refractivity contribution in [3.05, 3.63) is 98.5 Å². The topological polar surface area (TPSA) is 101 Å². The van der Waals surface area contributed by atoms with E-state index in [0.29, 0.717) is 22.9 Å². The SMILES string of the molecule is O=C(CN(C(=O)c1ccc(Cl)cc1)N1C(=O)[C@@H]2C[C@@H](Br)[C@@H](Br)C[C@H]2C1=O)c1ccc(OC(=O)c2ccc(Cl)cc2Cl)cc1. The van der Waals surface area contributed by atoms with Crippen LogP contribution in [0.15, 0.2) is 66.7 Å². The number of nitrogens with zero attached hydrogens (tertiary/aromatic N) is 2. The summed E-state index contributed by atoms with van der Waals surface area (Å²) in [5, 5.41) is 2.60. The number of amides is 3. The Balaban J connectivity index is 1.38. The van der Waals surface area contributed by atoms with E-state index in [4.69, 9.17) is 39.5 Å². The highest BCUT2D eigenvalue weighted by atomic mass is 79.9. The van der Waals surface area contributed by atoms with Gasteiger partial charge in [0.2, 0.25) is 0 Å². The van der Waals surface area contributed by atoms with Gasteiger partial charge in [-0.3, -0.25) is 19.2 Å². The summed E-state index contributed by atoms with van der Waals surface area (Å²) in [6, 6.07) is 15.9. The third-order valence-electron chi connectivity index (χ3n) is 7.29. The molecule has 2 aliphatic rings. The van der Waals surface area contributed by atoms with E-state index in [1.807, 2.05) is 0 Å². The van der Waals surface area contributed by atoms with Gasteiger partial charge in [-0.2, -0.15) is 5.01 Å². The van der Waals surface area contributed by atoms with Gasteiger partial charge in [-0.05, 0) is 79.6 Å². The van der Waals surface area contributed by atoms with Crippen LogP contribution in [0.5, 0.6) is 5.75 Å². The van der Waals surface area contributed by atoms with Crippen molar-refractivity contribution in [2.75, 3.05) is 6.54 Å². The molecule has 0 radical (unpaired) electrons. The molecule has 13 heteroatoms. The van der Waals surface area contributed by atoms with Gasteiger partial charge in [-0.25, -0.2) is 9.80 Å². The molecule has 222 valence electrons. The first-order valence-electron chi connectivity index (χ1n) is 13.0. The van der Waals surface area contributed by atoms with Crippen molar-refractivity contribution in [3.63, 3.8) is 0 Å². The highest BCUT2D eigenvalue weighted by Crippen LogP contribution is 2.43. The minimum atomic E-state index is -0.718. The maximum Gasteiger partial charge on any atom is 0.345 e. The number of imide groups is 1. The third-order valence-corrected chi connectivity index (χ3v) is 10.8. The smallest absolute Gasteiger partial charge is 0.345 e. The fourth-order valence-corrected chi connectivity index (χ4v) is 6.89. The van der Waals surface area contributed by atoms with Crippen molar-refractivity contribution in [2.45, 2.75) is 22.5 Å². The number of hydrogen-bond acceptors (Lipinski definition) is 6. The van der Waals surface area contributed by atoms with E-state index in [1.165, 1.54) is 66.7 Å². The zero-order chi connectivity index (χ0) is 31.0. The maximum absolute atomic E-state index is 13.7. The van der Waals surface area contributed by atoms with E-state index >= 15 is 0 Å². The molecular formula is C30H21Br2Cl3N2O6. The number of rotatable bonds is 7. The lowest BCUT2D eigenvalue weighted by molar-refractivity contribution is -0.154. The Labute approximate surface area is 278 Å². The fraction of sp³-hybridized carbons (Fsp3) is 0.233. The van der Waals surface area contributed by atoms with Gasteiger partial charge in [0, 0.05) is 30.8 Å². The second kappa shape index (κ2) is 13.1. The number of hydrazine groups is 1. The number of benzene rings is 3. The second-order valence-electron chi connectivity index (χ2n) is 10.0. The Morgan fingerprint density at radius 2 is 1.33 bits per heavy atom. The lowest BCUT2D eigenvalue weighted by Gasteiger charge is -2.30. The molecule has 1 heterocycles. The summed E-state index contributed by atoms with van der Waals surface area (Å²) in [6.07, 6.45) is 0.806. The van der Waals surface area contributed by atoms with E-state index in [0.717, 1.165) is 10.0 Å². The molecule has 0 bridgehead atoms. The highest BCUT2D eigenvalue weighted by molar-refractivity contribution is 9.12. The van der Waals surface area contributed by atoms with Crippen molar-refractivity contribution in [2.24, 2.45) is 11.8 Å². The molecule has 43 heavy (non-hydrogen) atoms. The molecule has 1 aliphatic carbocycles. The number of alkyl halides is 2. The standard InChI is InChI=1S/C30H21Br2Cl3N2O6/c31-23-12-21-22(13-24(23)32)29(41)37(28(21)40)36(27(39)16-1-5-17(33)6-2-16)14-26(38)15-3-8-19(9-4-15)43-30(42)20-10-7-18(34)11-25(20)35/h1-11,21-24H,12-14H2/t21-,22-,23-,24+/m1/s1. The zero-order valence-electron chi connectivity index (χ0n) is 22.0. The minimum absolute atomic E-state index is 0.0316. The molecule has 0 N–H and O–H groups in total. The molecule has 3 aromatic carbocycles. The first-order chi connectivity index (χ1) is 20.4. The Morgan fingerprint density at radius 1 is 0.791 bits per heavy atom. The lowest BCUT2D eigenvalue weighted by atomic mass is 9.81. The van der Waals surface area contributed by atoms with Crippen LogP contribution in [0.3, 0.4) is 0 Å². The molecule has 8 nitrogen and oxygen atoms in total. The largest absolute Gasteiger partial charge is 0.423 e. The number of fused-ring (bicyclic) bond motifs is 1. The quantitative estimate of drug-likeness (QED) is 0.0842. The Bertz CT molecular complexity index is 1590. The van der Waals surface area contributed by atoms with Crippen molar-refractivity contribution >= 4 is 96.1 Å². The van der Waals surface area contributed by atoms with E-state index < -0.39 is 47.9 Å². The molecule has 0 spiro atoms. The summed E-state index contributed by atoms with van der Waals surface area (Å²) in [5.74, 6) is -4.13. The molecule has 5 rings (SSSR count). The predicted octanol–water partition coefficient (Wildman–Crippen LogP) is 7.03. The van der Waals surface area contributed by atoms with Gasteiger partial charge in [0.05, 0.1) is 22.4 Å². The molecule has 4 atom stereocenters. The highest BCUT2D eigenvalue weighted by Gasteiger charge is 2.54. The Kier molecular flexibility index (Phi) is 9.63. The van der Waals surface area contributed by atoms with Crippen molar-refractivity contribution in [3.8, 4) is 5.75 Å². The van der Waals surface area contributed by atoms with E-state index in [1.54, 1.807) is 0 Å². The summed E-state index contributed by atoms with van der Waals surface area (Å²) in [4.78, 5) is 66.7. The summed E-state index contributed by atoms with van der Waals surface area (Å²) in [6.45, 7) is -0.590. The van der Waals surface area contributed by atoms with Crippen LogP contribution >= 0.6 is 66.7 Å². The summed E-state index contributed by atoms with van der Waals surface area (Å²) < 4.78 is 5.37. The fourth-order valence-electron chi connectivity index (χ4n) is 5.04. The Hall–Kier alpha value is -2.76.